The summed E-state index contributed by atoms with van der Waals surface area (Å²) in [5, 5.41) is 3.48. The van der Waals surface area contributed by atoms with Crippen LogP contribution in [0, 0.1) is 5.92 Å². The second kappa shape index (κ2) is 41.1. The van der Waals surface area contributed by atoms with E-state index in [1.807, 2.05) is 4.90 Å². The van der Waals surface area contributed by atoms with Gasteiger partial charge in [0.2, 0.25) is 5.91 Å². The lowest BCUT2D eigenvalue weighted by Crippen LogP contribution is -2.40. The van der Waals surface area contributed by atoms with Crippen LogP contribution in [0.15, 0.2) is 0 Å². The lowest BCUT2D eigenvalue weighted by Gasteiger charge is -2.27. The molecule has 0 aromatic carbocycles. The minimum Gasteiger partial charge on any atom is -0.341 e. The van der Waals surface area contributed by atoms with Gasteiger partial charge in [0.25, 0.3) is 0 Å². The maximum absolute atomic E-state index is 12.6. The van der Waals surface area contributed by atoms with Crippen LogP contribution in [0.5, 0.6) is 0 Å². The van der Waals surface area contributed by atoms with Gasteiger partial charge in [-0.25, -0.2) is 0 Å². The van der Waals surface area contributed by atoms with Gasteiger partial charge in [-0.2, -0.15) is 0 Å². The highest BCUT2D eigenvalue weighted by Gasteiger charge is 2.19. The van der Waals surface area contributed by atoms with E-state index in [1.165, 1.54) is 96.8 Å². The Kier molecular flexibility index (Phi) is 46.0. The number of nitrogens with zero attached hydrogens (tertiary/aromatic N) is 4. The number of carbonyl (C=O) groups excluding carboxylic acids is 1. The number of hydrogen-bond donors (Lipinski definition) is 1. The predicted octanol–water partition coefficient (Wildman–Crippen LogP) is 11.4. The highest BCUT2D eigenvalue weighted by Crippen LogP contribution is 2.15. The van der Waals surface area contributed by atoms with Crippen molar-refractivity contribution in [3.8, 4) is 0 Å². The van der Waals surface area contributed by atoms with Gasteiger partial charge in [0, 0.05) is 49.7 Å². The molecule has 0 aliphatic heterocycles. The number of unbranched alkanes of at least 4 members (excludes halogenated alkanes) is 6. The Morgan fingerprint density at radius 2 is 0.960 bits per heavy atom. The van der Waals surface area contributed by atoms with E-state index in [0.717, 1.165) is 45.2 Å². The number of hydrogen-bond acceptors (Lipinski definition) is 5. The van der Waals surface area contributed by atoms with Crippen LogP contribution in [-0.2, 0) is 4.79 Å². The van der Waals surface area contributed by atoms with Crippen LogP contribution < -0.4 is 5.32 Å². The van der Waals surface area contributed by atoms with Crippen molar-refractivity contribution in [3.05, 3.63) is 0 Å². The van der Waals surface area contributed by atoms with Gasteiger partial charge in [-0.3, -0.25) is 4.79 Å². The smallest absolute Gasteiger partial charge is 0.225 e. The SMILES string of the molecule is CCC(C)NC(C)CC.CCCC(C)N(CC)CC.CCCCCCCCCC(C)C(=O)N(CC)CCN(CC)CC.CCN(CC)C(C)C. The monoisotopic (exact) mass is 714 g/mol. The van der Waals surface area contributed by atoms with Crippen molar-refractivity contribution < 1.29 is 4.79 Å². The molecule has 0 aliphatic rings. The number of rotatable bonds is 27. The lowest BCUT2D eigenvalue weighted by atomic mass is 10.0. The summed E-state index contributed by atoms with van der Waals surface area (Å²) in [5.74, 6) is 0.535. The molecule has 0 spiro atoms. The van der Waals surface area contributed by atoms with E-state index in [1.54, 1.807) is 0 Å². The first kappa shape index (κ1) is 56.1. The molecule has 1 N–H and O–H groups in total. The van der Waals surface area contributed by atoms with Gasteiger partial charge in [-0.05, 0) is 106 Å². The molecule has 4 unspecified atom stereocenters. The Balaban J connectivity index is -0.000000322. The Morgan fingerprint density at radius 1 is 0.500 bits per heavy atom. The summed E-state index contributed by atoms with van der Waals surface area (Å²) in [6, 6.07) is 2.85. The highest BCUT2D eigenvalue weighted by molar-refractivity contribution is 5.78. The van der Waals surface area contributed by atoms with Crippen LogP contribution >= 0.6 is 0 Å². The third kappa shape index (κ3) is 34.4. The average Bonchev–Trinajstić information content (AvgIpc) is 3.11. The Bertz CT molecular complexity index is 640. The molecule has 0 saturated carbocycles. The minimum absolute atomic E-state index is 0.183. The third-order valence-electron chi connectivity index (χ3n) is 10.4. The molecule has 4 atom stereocenters. The Labute approximate surface area is 318 Å². The van der Waals surface area contributed by atoms with Crippen molar-refractivity contribution in [1.29, 1.82) is 0 Å². The molecule has 0 heterocycles. The van der Waals surface area contributed by atoms with E-state index in [9.17, 15) is 4.79 Å². The van der Waals surface area contributed by atoms with E-state index in [0.29, 0.717) is 24.0 Å². The summed E-state index contributed by atoms with van der Waals surface area (Å²) < 4.78 is 0. The number of amides is 1. The summed E-state index contributed by atoms with van der Waals surface area (Å²) in [4.78, 5) is 21.9. The van der Waals surface area contributed by atoms with E-state index < -0.39 is 0 Å². The molecular formula is C44H99N5O. The summed E-state index contributed by atoms with van der Waals surface area (Å²) in [5.41, 5.74) is 0. The summed E-state index contributed by atoms with van der Waals surface area (Å²) in [6.07, 6.45) is 15.4. The van der Waals surface area contributed by atoms with Gasteiger partial charge in [-0.1, -0.05) is 128 Å². The van der Waals surface area contributed by atoms with Crippen molar-refractivity contribution in [2.24, 2.45) is 5.92 Å². The third-order valence-corrected chi connectivity index (χ3v) is 10.4. The Morgan fingerprint density at radius 3 is 1.30 bits per heavy atom. The molecule has 50 heavy (non-hydrogen) atoms. The molecule has 306 valence electrons. The normalized spacial score (nSPS) is 13.5. The molecule has 0 rings (SSSR count). The van der Waals surface area contributed by atoms with Gasteiger partial charge in [-0.15, -0.1) is 0 Å². The van der Waals surface area contributed by atoms with Crippen LogP contribution in [-0.4, -0.2) is 109 Å². The zero-order chi connectivity index (χ0) is 39.3. The summed E-state index contributed by atoms with van der Waals surface area (Å²) >= 11 is 0. The van der Waals surface area contributed by atoms with Crippen molar-refractivity contribution in [2.45, 2.75) is 219 Å². The van der Waals surface area contributed by atoms with Gasteiger partial charge in [0.15, 0.2) is 0 Å². The molecule has 0 saturated heterocycles. The maximum Gasteiger partial charge on any atom is 0.225 e. The molecule has 0 bridgehead atoms. The maximum atomic E-state index is 12.6. The van der Waals surface area contributed by atoms with E-state index in [2.05, 4.69) is 138 Å². The fraction of sp³-hybridized carbons (Fsp3) is 0.977. The van der Waals surface area contributed by atoms with E-state index in [4.69, 9.17) is 0 Å². The lowest BCUT2D eigenvalue weighted by molar-refractivity contribution is -0.135. The van der Waals surface area contributed by atoms with Crippen LogP contribution in [0.4, 0.5) is 0 Å². The predicted molar refractivity (Wildman–Crippen MR) is 230 cm³/mol. The van der Waals surface area contributed by atoms with E-state index >= 15 is 0 Å². The molecule has 6 heteroatoms. The molecule has 0 fully saturated rings. The van der Waals surface area contributed by atoms with Gasteiger partial charge in [0.1, 0.15) is 0 Å². The quantitative estimate of drug-likeness (QED) is 0.0859. The zero-order valence-electron chi connectivity index (χ0n) is 37.9. The van der Waals surface area contributed by atoms with Crippen molar-refractivity contribution in [2.75, 3.05) is 58.9 Å². The molecule has 1 amide bonds. The molecule has 0 aromatic rings. The minimum atomic E-state index is 0.183. The molecule has 0 aliphatic carbocycles. The van der Waals surface area contributed by atoms with Crippen molar-refractivity contribution in [1.82, 2.24) is 24.9 Å². The fourth-order valence-corrected chi connectivity index (χ4v) is 6.19. The van der Waals surface area contributed by atoms with Crippen molar-refractivity contribution in [3.63, 3.8) is 0 Å². The summed E-state index contributed by atoms with van der Waals surface area (Å²) in [7, 11) is 0. The van der Waals surface area contributed by atoms with Crippen molar-refractivity contribution >= 4 is 5.91 Å². The fourth-order valence-electron chi connectivity index (χ4n) is 6.19. The first-order valence-corrected chi connectivity index (χ1v) is 22.0. The summed E-state index contributed by atoms with van der Waals surface area (Å²) in [6.45, 7) is 47.2. The molecule has 6 nitrogen and oxygen atoms in total. The zero-order valence-corrected chi connectivity index (χ0v) is 37.9. The van der Waals surface area contributed by atoms with Crippen LogP contribution in [0.2, 0.25) is 0 Å². The first-order valence-electron chi connectivity index (χ1n) is 22.0. The van der Waals surface area contributed by atoms with Crippen LogP contribution in [0.3, 0.4) is 0 Å². The average molecular weight is 714 g/mol. The van der Waals surface area contributed by atoms with Gasteiger partial charge >= 0.3 is 0 Å². The second-order valence-electron chi connectivity index (χ2n) is 14.7. The topological polar surface area (TPSA) is 42.1 Å². The van der Waals surface area contributed by atoms with Crippen LogP contribution in [0.25, 0.3) is 0 Å². The van der Waals surface area contributed by atoms with Gasteiger partial charge in [0.05, 0.1) is 0 Å². The highest BCUT2D eigenvalue weighted by atomic mass is 16.2. The number of likely N-dealkylation sites (N-methyl/N-ethyl adjacent to an activating group) is 2. The Hall–Kier alpha value is -0.690. The largest absolute Gasteiger partial charge is 0.341 e. The number of carbonyl (C=O) groups is 1. The molecule has 0 radical (unpaired) electrons. The standard InChI is InChI=1S/C20H42N2O.C9H21N.C8H19N.C7H17N/c1-6-10-11-12-13-14-15-16-19(5)20(23)22(9-4)18-17-21(7-2)8-3;1-5-8-9(4)10(6-2)7-3;1-5-7(3)9-8(4)6-2;1-5-8(6-2)7(3)4/h19H,6-18H2,1-5H3;9H,5-8H2,1-4H3;7-9H,5-6H2,1-4H3;7H,5-6H2,1-4H3. The second-order valence-corrected chi connectivity index (χ2v) is 14.7. The number of nitrogens with one attached hydrogen (secondary N) is 1. The van der Waals surface area contributed by atoms with E-state index in [-0.39, 0.29) is 5.92 Å². The van der Waals surface area contributed by atoms with Crippen LogP contribution in [0.1, 0.15) is 195 Å². The molecular weight excluding hydrogens is 615 g/mol. The van der Waals surface area contributed by atoms with Gasteiger partial charge < -0.3 is 24.9 Å². The first-order chi connectivity index (χ1) is 23.8. The molecule has 0 aromatic heterocycles.